The standard InChI is InChI=1S/C19H19N5O/c1-12-6-7-15(9-13(12)2)17-10-18(23-22-17)19(25)24-21-14(3)16-5-4-8-20-11-16/h4-11H,1-3H3,(H,22,23)(H,24,25). The minimum atomic E-state index is -0.342. The topological polar surface area (TPSA) is 83.0 Å². The zero-order chi connectivity index (χ0) is 17.8. The third kappa shape index (κ3) is 3.80. The molecule has 0 fully saturated rings. The number of nitrogens with one attached hydrogen (secondary N) is 2. The molecule has 0 bridgehead atoms. The number of amides is 1. The lowest BCUT2D eigenvalue weighted by molar-refractivity contribution is 0.0950. The molecule has 3 aromatic rings. The van der Waals surface area contributed by atoms with Crippen molar-refractivity contribution in [1.82, 2.24) is 20.6 Å². The van der Waals surface area contributed by atoms with Gasteiger partial charge in [0.2, 0.25) is 0 Å². The fourth-order valence-corrected chi connectivity index (χ4v) is 2.32. The molecule has 6 nitrogen and oxygen atoms in total. The molecule has 0 radical (unpaired) electrons. The molecule has 1 aromatic carbocycles. The van der Waals surface area contributed by atoms with E-state index in [0.29, 0.717) is 11.4 Å². The van der Waals surface area contributed by atoms with E-state index in [0.717, 1.165) is 16.8 Å². The van der Waals surface area contributed by atoms with Gasteiger partial charge in [-0.15, -0.1) is 0 Å². The Morgan fingerprint density at radius 1 is 1.16 bits per heavy atom. The summed E-state index contributed by atoms with van der Waals surface area (Å²) in [7, 11) is 0. The lowest BCUT2D eigenvalue weighted by atomic mass is 10.0. The van der Waals surface area contributed by atoms with Crippen LogP contribution in [0.25, 0.3) is 11.3 Å². The minimum absolute atomic E-state index is 0.342. The second kappa shape index (κ2) is 7.09. The Morgan fingerprint density at radius 2 is 2.00 bits per heavy atom. The average molecular weight is 333 g/mol. The lowest BCUT2D eigenvalue weighted by Crippen LogP contribution is -2.19. The van der Waals surface area contributed by atoms with Crippen LogP contribution >= 0.6 is 0 Å². The molecule has 1 amide bonds. The number of benzene rings is 1. The highest BCUT2D eigenvalue weighted by atomic mass is 16.2. The summed E-state index contributed by atoms with van der Waals surface area (Å²) in [6, 6.07) is 11.5. The Hall–Kier alpha value is -3.28. The molecule has 0 aliphatic heterocycles. The van der Waals surface area contributed by atoms with E-state index in [-0.39, 0.29) is 5.91 Å². The number of aromatic nitrogens is 3. The van der Waals surface area contributed by atoms with Crippen LogP contribution < -0.4 is 5.43 Å². The molecular weight excluding hydrogens is 314 g/mol. The third-order valence-electron chi connectivity index (χ3n) is 4.03. The van der Waals surface area contributed by atoms with Gasteiger partial charge in [0.25, 0.3) is 5.91 Å². The molecule has 0 saturated carbocycles. The van der Waals surface area contributed by atoms with Gasteiger partial charge < -0.3 is 0 Å². The van der Waals surface area contributed by atoms with Crippen LogP contribution in [0, 0.1) is 13.8 Å². The zero-order valence-electron chi connectivity index (χ0n) is 14.4. The van der Waals surface area contributed by atoms with E-state index in [1.165, 1.54) is 11.1 Å². The number of aromatic amines is 1. The van der Waals surface area contributed by atoms with E-state index in [1.54, 1.807) is 18.5 Å². The molecule has 3 rings (SSSR count). The number of aryl methyl sites for hydroxylation is 2. The quantitative estimate of drug-likeness (QED) is 0.568. The maximum absolute atomic E-state index is 12.2. The van der Waals surface area contributed by atoms with Crippen molar-refractivity contribution in [3.05, 3.63) is 71.2 Å². The number of pyridine rings is 1. The molecule has 0 spiro atoms. The van der Waals surface area contributed by atoms with Crippen molar-refractivity contribution in [3.63, 3.8) is 0 Å². The number of H-pyrrole nitrogens is 1. The Bertz CT molecular complexity index is 928. The van der Waals surface area contributed by atoms with Gasteiger partial charge in [0.1, 0.15) is 5.69 Å². The van der Waals surface area contributed by atoms with Gasteiger partial charge in [0.05, 0.1) is 11.4 Å². The van der Waals surface area contributed by atoms with Gasteiger partial charge in [-0.25, -0.2) is 5.43 Å². The number of hydrazone groups is 1. The summed E-state index contributed by atoms with van der Waals surface area (Å²) >= 11 is 0. The molecule has 126 valence electrons. The highest BCUT2D eigenvalue weighted by Gasteiger charge is 2.11. The fraction of sp³-hybridized carbons (Fsp3) is 0.158. The van der Waals surface area contributed by atoms with Crippen molar-refractivity contribution in [2.75, 3.05) is 0 Å². The van der Waals surface area contributed by atoms with Crippen molar-refractivity contribution in [2.24, 2.45) is 5.10 Å². The van der Waals surface area contributed by atoms with E-state index in [1.807, 2.05) is 31.2 Å². The van der Waals surface area contributed by atoms with Crippen LogP contribution in [0.3, 0.4) is 0 Å². The van der Waals surface area contributed by atoms with Gasteiger partial charge in [0, 0.05) is 23.5 Å². The highest BCUT2D eigenvalue weighted by Crippen LogP contribution is 2.20. The van der Waals surface area contributed by atoms with Crippen molar-refractivity contribution < 1.29 is 4.79 Å². The second-order valence-electron chi connectivity index (χ2n) is 5.85. The lowest BCUT2D eigenvalue weighted by Gasteiger charge is -2.02. The van der Waals surface area contributed by atoms with Crippen LogP contribution in [0.4, 0.5) is 0 Å². The largest absolute Gasteiger partial charge is 0.289 e. The van der Waals surface area contributed by atoms with Gasteiger partial charge in [-0.3, -0.25) is 14.9 Å². The highest BCUT2D eigenvalue weighted by molar-refractivity contribution is 6.00. The molecule has 6 heteroatoms. The normalized spacial score (nSPS) is 11.4. The van der Waals surface area contributed by atoms with Crippen molar-refractivity contribution >= 4 is 11.6 Å². The van der Waals surface area contributed by atoms with Gasteiger partial charge in [-0.05, 0) is 50.1 Å². The van der Waals surface area contributed by atoms with Gasteiger partial charge in [-0.1, -0.05) is 18.2 Å². The first-order valence-corrected chi connectivity index (χ1v) is 7.92. The number of hydrogen-bond donors (Lipinski definition) is 2. The van der Waals surface area contributed by atoms with Crippen molar-refractivity contribution in [3.8, 4) is 11.3 Å². The van der Waals surface area contributed by atoms with Gasteiger partial charge >= 0.3 is 0 Å². The first kappa shape index (κ1) is 16.6. The molecule has 0 aliphatic carbocycles. The predicted molar refractivity (Wildman–Crippen MR) is 97.4 cm³/mol. The van der Waals surface area contributed by atoms with E-state index in [4.69, 9.17) is 0 Å². The fourth-order valence-electron chi connectivity index (χ4n) is 2.32. The maximum Gasteiger partial charge on any atom is 0.289 e. The molecular formula is C19H19N5O. The Balaban J connectivity index is 1.73. The smallest absolute Gasteiger partial charge is 0.272 e. The second-order valence-corrected chi connectivity index (χ2v) is 5.85. The van der Waals surface area contributed by atoms with Crippen molar-refractivity contribution in [1.29, 1.82) is 0 Å². The molecule has 25 heavy (non-hydrogen) atoms. The first-order valence-electron chi connectivity index (χ1n) is 7.92. The zero-order valence-corrected chi connectivity index (χ0v) is 14.4. The van der Waals surface area contributed by atoms with Gasteiger partial charge in [0.15, 0.2) is 0 Å². The Labute approximate surface area is 146 Å². The van der Waals surface area contributed by atoms with Crippen LogP contribution in [-0.4, -0.2) is 26.8 Å². The predicted octanol–water partition coefficient (Wildman–Crippen LogP) is 3.24. The van der Waals surface area contributed by atoms with Crippen molar-refractivity contribution in [2.45, 2.75) is 20.8 Å². The van der Waals surface area contributed by atoms with Crippen LogP contribution in [0.1, 0.15) is 34.1 Å². The third-order valence-corrected chi connectivity index (χ3v) is 4.03. The maximum atomic E-state index is 12.2. The van der Waals surface area contributed by atoms with Crippen LogP contribution in [-0.2, 0) is 0 Å². The van der Waals surface area contributed by atoms with Crippen LogP contribution in [0.5, 0.6) is 0 Å². The van der Waals surface area contributed by atoms with Crippen LogP contribution in [0.2, 0.25) is 0 Å². The number of carbonyl (C=O) groups excluding carboxylic acids is 1. The molecule has 0 atom stereocenters. The number of hydrogen-bond acceptors (Lipinski definition) is 4. The summed E-state index contributed by atoms with van der Waals surface area (Å²) in [5.74, 6) is -0.342. The summed E-state index contributed by atoms with van der Waals surface area (Å²) < 4.78 is 0. The average Bonchev–Trinajstić information content (AvgIpc) is 3.12. The minimum Gasteiger partial charge on any atom is -0.272 e. The van der Waals surface area contributed by atoms with E-state index in [2.05, 4.69) is 45.6 Å². The van der Waals surface area contributed by atoms with E-state index in [9.17, 15) is 4.79 Å². The number of nitrogens with zero attached hydrogens (tertiary/aromatic N) is 3. The summed E-state index contributed by atoms with van der Waals surface area (Å²) in [6.07, 6.45) is 3.38. The summed E-state index contributed by atoms with van der Waals surface area (Å²) in [4.78, 5) is 16.3. The molecule has 2 heterocycles. The molecule has 0 unspecified atom stereocenters. The summed E-state index contributed by atoms with van der Waals surface area (Å²) in [6.45, 7) is 5.92. The molecule has 2 N–H and O–H groups in total. The molecule has 2 aromatic heterocycles. The monoisotopic (exact) mass is 333 g/mol. The number of rotatable bonds is 4. The molecule has 0 saturated heterocycles. The molecule has 0 aliphatic rings. The SMILES string of the molecule is CC(=NNC(=O)c1cc(-c2ccc(C)c(C)c2)n[nH]1)c1cccnc1. The van der Waals surface area contributed by atoms with E-state index >= 15 is 0 Å². The Kier molecular flexibility index (Phi) is 4.70. The number of carbonyl (C=O) groups is 1. The Morgan fingerprint density at radius 3 is 2.72 bits per heavy atom. The first-order chi connectivity index (χ1) is 12.0. The van der Waals surface area contributed by atoms with Crippen LogP contribution in [0.15, 0.2) is 53.9 Å². The van der Waals surface area contributed by atoms with Gasteiger partial charge in [-0.2, -0.15) is 10.2 Å². The van der Waals surface area contributed by atoms with E-state index < -0.39 is 0 Å². The summed E-state index contributed by atoms with van der Waals surface area (Å²) in [5, 5.41) is 11.1. The summed E-state index contributed by atoms with van der Waals surface area (Å²) in [5.41, 5.74) is 8.51.